The predicted octanol–water partition coefficient (Wildman–Crippen LogP) is 2.42. The number of nitrogens with zero attached hydrogens (tertiary/aromatic N) is 1. The number of hydrogen-bond acceptors (Lipinski definition) is 3. The molecule has 0 radical (unpaired) electrons. The SMILES string of the molecule is CCCNC(=O)c1cc(NC)c2ccccc2n1. The molecule has 1 aromatic carbocycles. The van der Waals surface area contributed by atoms with Crippen LogP contribution in [0.3, 0.4) is 0 Å². The highest BCUT2D eigenvalue weighted by molar-refractivity contribution is 5.99. The molecule has 0 aliphatic heterocycles. The van der Waals surface area contributed by atoms with Gasteiger partial charge in [-0.25, -0.2) is 4.98 Å². The maximum absolute atomic E-state index is 11.9. The molecule has 2 rings (SSSR count). The van der Waals surface area contributed by atoms with E-state index in [0.29, 0.717) is 12.2 Å². The smallest absolute Gasteiger partial charge is 0.269 e. The summed E-state index contributed by atoms with van der Waals surface area (Å²) in [5.74, 6) is -0.126. The lowest BCUT2D eigenvalue weighted by Gasteiger charge is -2.09. The number of fused-ring (bicyclic) bond motifs is 1. The van der Waals surface area contributed by atoms with Crippen molar-refractivity contribution in [1.82, 2.24) is 10.3 Å². The van der Waals surface area contributed by atoms with Gasteiger partial charge in [-0.05, 0) is 18.6 Å². The summed E-state index contributed by atoms with van der Waals surface area (Å²) in [6.45, 7) is 2.69. The first-order valence-electron chi connectivity index (χ1n) is 6.12. The van der Waals surface area contributed by atoms with Crippen molar-refractivity contribution in [2.75, 3.05) is 18.9 Å². The highest BCUT2D eigenvalue weighted by Crippen LogP contribution is 2.22. The number of amides is 1. The van der Waals surface area contributed by atoms with Crippen LogP contribution in [-0.2, 0) is 0 Å². The Morgan fingerprint density at radius 3 is 2.83 bits per heavy atom. The van der Waals surface area contributed by atoms with Gasteiger partial charge in [-0.15, -0.1) is 0 Å². The van der Waals surface area contributed by atoms with Gasteiger partial charge in [0.1, 0.15) is 5.69 Å². The van der Waals surface area contributed by atoms with Gasteiger partial charge in [0.2, 0.25) is 0 Å². The van der Waals surface area contributed by atoms with E-state index in [9.17, 15) is 4.79 Å². The molecule has 0 aliphatic rings. The van der Waals surface area contributed by atoms with E-state index in [4.69, 9.17) is 0 Å². The number of benzene rings is 1. The molecule has 0 spiro atoms. The number of carbonyl (C=O) groups excluding carboxylic acids is 1. The summed E-state index contributed by atoms with van der Waals surface area (Å²) in [4.78, 5) is 16.3. The van der Waals surface area contributed by atoms with Crippen LogP contribution in [0.5, 0.6) is 0 Å². The average molecular weight is 243 g/mol. The maximum atomic E-state index is 11.9. The molecular formula is C14H17N3O. The number of nitrogens with one attached hydrogen (secondary N) is 2. The molecule has 0 aliphatic carbocycles. The van der Waals surface area contributed by atoms with Gasteiger partial charge in [0, 0.05) is 24.7 Å². The molecule has 0 saturated carbocycles. The Balaban J connectivity index is 2.43. The first-order chi connectivity index (χ1) is 8.76. The molecule has 0 unspecified atom stereocenters. The average Bonchev–Trinajstić information content (AvgIpc) is 2.43. The molecule has 1 amide bonds. The number of hydrogen-bond donors (Lipinski definition) is 2. The quantitative estimate of drug-likeness (QED) is 0.867. The minimum atomic E-state index is -0.126. The zero-order valence-corrected chi connectivity index (χ0v) is 10.7. The molecule has 18 heavy (non-hydrogen) atoms. The van der Waals surface area contributed by atoms with E-state index in [0.717, 1.165) is 23.0 Å². The van der Waals surface area contributed by atoms with Gasteiger partial charge < -0.3 is 10.6 Å². The molecule has 1 aromatic heterocycles. The summed E-state index contributed by atoms with van der Waals surface area (Å²) in [6.07, 6.45) is 0.915. The van der Waals surface area contributed by atoms with E-state index in [1.807, 2.05) is 38.2 Å². The van der Waals surface area contributed by atoms with E-state index >= 15 is 0 Å². The van der Waals surface area contributed by atoms with Crippen LogP contribution in [0.4, 0.5) is 5.69 Å². The Hall–Kier alpha value is -2.10. The second-order valence-electron chi connectivity index (χ2n) is 4.08. The fourth-order valence-electron chi connectivity index (χ4n) is 1.83. The zero-order valence-electron chi connectivity index (χ0n) is 10.7. The second-order valence-corrected chi connectivity index (χ2v) is 4.08. The zero-order chi connectivity index (χ0) is 13.0. The Morgan fingerprint density at radius 2 is 2.11 bits per heavy atom. The summed E-state index contributed by atoms with van der Waals surface area (Å²) >= 11 is 0. The highest BCUT2D eigenvalue weighted by Gasteiger charge is 2.10. The number of pyridine rings is 1. The summed E-state index contributed by atoms with van der Waals surface area (Å²) < 4.78 is 0. The van der Waals surface area contributed by atoms with E-state index in [2.05, 4.69) is 15.6 Å². The molecule has 0 fully saturated rings. The van der Waals surface area contributed by atoms with E-state index in [1.165, 1.54) is 0 Å². The number of para-hydroxylation sites is 1. The normalized spacial score (nSPS) is 10.3. The third kappa shape index (κ3) is 2.42. The highest BCUT2D eigenvalue weighted by atomic mass is 16.1. The number of carbonyl (C=O) groups is 1. The van der Waals surface area contributed by atoms with Crippen LogP contribution in [0.25, 0.3) is 10.9 Å². The molecule has 0 bridgehead atoms. The van der Waals surface area contributed by atoms with Crippen molar-refractivity contribution in [2.45, 2.75) is 13.3 Å². The van der Waals surface area contributed by atoms with E-state index in [1.54, 1.807) is 6.07 Å². The standard InChI is InChI=1S/C14H17N3O/c1-3-8-16-14(18)13-9-12(15-2)10-6-4-5-7-11(10)17-13/h4-7,9H,3,8H2,1-2H3,(H,15,17)(H,16,18). The molecule has 94 valence electrons. The molecule has 2 aromatic rings. The Morgan fingerprint density at radius 1 is 1.33 bits per heavy atom. The molecule has 4 nitrogen and oxygen atoms in total. The summed E-state index contributed by atoms with van der Waals surface area (Å²) in [5.41, 5.74) is 2.19. The van der Waals surface area contributed by atoms with Crippen LogP contribution in [0.2, 0.25) is 0 Å². The molecule has 1 heterocycles. The minimum Gasteiger partial charge on any atom is -0.388 e. The van der Waals surface area contributed by atoms with Gasteiger partial charge in [0.25, 0.3) is 5.91 Å². The van der Waals surface area contributed by atoms with Crippen molar-refractivity contribution in [2.24, 2.45) is 0 Å². The van der Waals surface area contributed by atoms with Crippen molar-refractivity contribution in [3.05, 3.63) is 36.0 Å². The summed E-state index contributed by atoms with van der Waals surface area (Å²) in [6, 6.07) is 9.56. The summed E-state index contributed by atoms with van der Waals surface area (Å²) in [7, 11) is 1.84. The first-order valence-corrected chi connectivity index (χ1v) is 6.12. The summed E-state index contributed by atoms with van der Waals surface area (Å²) in [5, 5.41) is 6.96. The maximum Gasteiger partial charge on any atom is 0.269 e. The topological polar surface area (TPSA) is 54.0 Å². The van der Waals surface area contributed by atoms with Crippen LogP contribution in [0, 0.1) is 0 Å². The van der Waals surface area contributed by atoms with Gasteiger partial charge in [-0.2, -0.15) is 0 Å². The van der Waals surface area contributed by atoms with Crippen LogP contribution in [-0.4, -0.2) is 24.5 Å². The third-order valence-electron chi connectivity index (χ3n) is 2.75. The lowest BCUT2D eigenvalue weighted by atomic mass is 10.1. The third-order valence-corrected chi connectivity index (χ3v) is 2.75. The Bertz CT molecular complexity index is 566. The van der Waals surface area contributed by atoms with Crippen molar-refractivity contribution in [3.8, 4) is 0 Å². The molecular weight excluding hydrogens is 226 g/mol. The molecule has 4 heteroatoms. The van der Waals surface area contributed by atoms with Crippen LogP contribution < -0.4 is 10.6 Å². The van der Waals surface area contributed by atoms with E-state index in [-0.39, 0.29) is 5.91 Å². The molecule has 0 saturated heterocycles. The monoisotopic (exact) mass is 243 g/mol. The predicted molar refractivity (Wildman–Crippen MR) is 73.9 cm³/mol. The second kappa shape index (κ2) is 5.49. The van der Waals surface area contributed by atoms with Gasteiger partial charge in [-0.1, -0.05) is 25.1 Å². The van der Waals surface area contributed by atoms with Crippen molar-refractivity contribution >= 4 is 22.5 Å². The number of aromatic nitrogens is 1. The molecule has 0 atom stereocenters. The number of anilines is 1. The van der Waals surface area contributed by atoms with Crippen LogP contribution >= 0.6 is 0 Å². The Labute approximate surface area is 106 Å². The van der Waals surface area contributed by atoms with Gasteiger partial charge >= 0.3 is 0 Å². The largest absolute Gasteiger partial charge is 0.388 e. The van der Waals surface area contributed by atoms with Crippen LogP contribution in [0.15, 0.2) is 30.3 Å². The van der Waals surface area contributed by atoms with Crippen molar-refractivity contribution < 1.29 is 4.79 Å². The van der Waals surface area contributed by atoms with Gasteiger partial charge in [0.15, 0.2) is 0 Å². The first kappa shape index (κ1) is 12.4. The minimum absolute atomic E-state index is 0.126. The fraction of sp³-hybridized carbons (Fsp3) is 0.286. The lowest BCUT2D eigenvalue weighted by molar-refractivity contribution is 0.0949. The van der Waals surface area contributed by atoms with Crippen LogP contribution in [0.1, 0.15) is 23.8 Å². The lowest BCUT2D eigenvalue weighted by Crippen LogP contribution is -2.25. The van der Waals surface area contributed by atoms with Gasteiger partial charge in [0.05, 0.1) is 5.52 Å². The Kier molecular flexibility index (Phi) is 3.77. The fourth-order valence-corrected chi connectivity index (χ4v) is 1.83. The molecule has 2 N–H and O–H groups in total. The number of rotatable bonds is 4. The van der Waals surface area contributed by atoms with E-state index < -0.39 is 0 Å². The van der Waals surface area contributed by atoms with Crippen molar-refractivity contribution in [1.29, 1.82) is 0 Å². The van der Waals surface area contributed by atoms with Gasteiger partial charge in [-0.3, -0.25) is 4.79 Å². The van der Waals surface area contributed by atoms with Crippen molar-refractivity contribution in [3.63, 3.8) is 0 Å².